The third-order valence-electron chi connectivity index (χ3n) is 4.30. The van der Waals surface area contributed by atoms with Crippen molar-refractivity contribution >= 4 is 23.5 Å². The van der Waals surface area contributed by atoms with Crippen LogP contribution in [0.5, 0.6) is 0 Å². The van der Waals surface area contributed by atoms with Crippen molar-refractivity contribution in [1.82, 2.24) is 19.9 Å². The molecule has 1 atom stereocenters. The second kappa shape index (κ2) is 7.98. The number of pyridine rings is 1. The van der Waals surface area contributed by atoms with Gasteiger partial charge in [0.15, 0.2) is 5.82 Å². The van der Waals surface area contributed by atoms with Gasteiger partial charge in [0.05, 0.1) is 24.7 Å². The Morgan fingerprint density at radius 2 is 2.22 bits per heavy atom. The first-order valence-corrected chi connectivity index (χ1v) is 8.58. The summed E-state index contributed by atoms with van der Waals surface area (Å²) in [5.41, 5.74) is 0.773. The average molecular weight is 371 g/mol. The number of carbonyl (C=O) groups is 3. The van der Waals surface area contributed by atoms with Gasteiger partial charge in [-0.2, -0.15) is 0 Å². The number of carbonyl (C=O) groups excluding carboxylic acids is 3. The molecule has 0 aliphatic carbocycles. The van der Waals surface area contributed by atoms with Gasteiger partial charge in [0.25, 0.3) is 0 Å². The van der Waals surface area contributed by atoms with Crippen molar-refractivity contribution < 1.29 is 18.9 Å². The maximum Gasteiger partial charge on any atom is 0.245 e. The summed E-state index contributed by atoms with van der Waals surface area (Å²) in [5, 5.41) is 6.24. The molecular weight excluding hydrogens is 350 g/mol. The third kappa shape index (κ3) is 4.69. The summed E-state index contributed by atoms with van der Waals surface area (Å²) in [5.74, 6) is -0.293. The highest BCUT2D eigenvalue weighted by Gasteiger charge is 2.36. The smallest absolute Gasteiger partial charge is 0.245 e. The quantitative estimate of drug-likeness (QED) is 0.805. The van der Waals surface area contributed by atoms with Crippen LogP contribution in [0.15, 0.2) is 35.0 Å². The number of anilines is 1. The predicted molar refractivity (Wildman–Crippen MR) is 95.3 cm³/mol. The zero-order chi connectivity index (χ0) is 19.4. The molecule has 3 rings (SSSR count). The predicted octanol–water partition coefficient (Wildman–Crippen LogP) is 0.824. The summed E-state index contributed by atoms with van der Waals surface area (Å²) in [6.45, 7) is 2.28. The summed E-state index contributed by atoms with van der Waals surface area (Å²) < 4.78 is 4.88. The largest absolute Gasteiger partial charge is 0.360 e. The lowest BCUT2D eigenvalue weighted by Crippen LogP contribution is -2.39. The molecule has 3 amide bonds. The van der Waals surface area contributed by atoms with Crippen LogP contribution in [-0.4, -0.2) is 57.8 Å². The van der Waals surface area contributed by atoms with Gasteiger partial charge < -0.3 is 19.6 Å². The summed E-state index contributed by atoms with van der Waals surface area (Å²) in [4.78, 5) is 44.0. The minimum atomic E-state index is -0.465. The maximum absolute atomic E-state index is 12.6. The van der Waals surface area contributed by atoms with Crippen LogP contribution in [-0.2, 0) is 20.9 Å². The summed E-state index contributed by atoms with van der Waals surface area (Å²) in [7, 11) is 1.54. The van der Waals surface area contributed by atoms with Crippen LogP contribution in [0.1, 0.15) is 17.9 Å². The van der Waals surface area contributed by atoms with E-state index in [0.717, 1.165) is 5.69 Å². The number of likely N-dealkylation sites (tertiary alicyclic amines) is 1. The Bertz CT molecular complexity index is 835. The molecular formula is C18H21N5O4. The number of rotatable bonds is 6. The van der Waals surface area contributed by atoms with Crippen molar-refractivity contribution in [1.29, 1.82) is 0 Å². The van der Waals surface area contributed by atoms with Gasteiger partial charge in [0.1, 0.15) is 5.76 Å². The zero-order valence-electron chi connectivity index (χ0n) is 15.2. The Kier molecular flexibility index (Phi) is 5.49. The molecule has 0 saturated carbocycles. The van der Waals surface area contributed by atoms with E-state index < -0.39 is 5.92 Å². The molecule has 142 valence electrons. The molecule has 0 spiro atoms. The Morgan fingerprint density at radius 3 is 2.89 bits per heavy atom. The van der Waals surface area contributed by atoms with Gasteiger partial charge in [0, 0.05) is 32.3 Å². The second-order valence-corrected chi connectivity index (χ2v) is 6.56. The Hall–Kier alpha value is -3.23. The minimum Gasteiger partial charge on any atom is -0.360 e. The van der Waals surface area contributed by atoms with Crippen molar-refractivity contribution in [2.75, 3.05) is 25.5 Å². The van der Waals surface area contributed by atoms with E-state index in [1.807, 2.05) is 18.2 Å². The molecule has 0 aromatic carbocycles. The molecule has 1 N–H and O–H groups in total. The first-order chi connectivity index (χ1) is 12.9. The Labute approximate surface area is 156 Å². The fraction of sp³-hybridized carbons (Fsp3) is 0.389. The van der Waals surface area contributed by atoms with E-state index in [9.17, 15) is 14.4 Å². The molecule has 0 radical (unpaired) electrons. The van der Waals surface area contributed by atoms with Crippen LogP contribution < -0.4 is 5.32 Å². The van der Waals surface area contributed by atoms with E-state index >= 15 is 0 Å². The van der Waals surface area contributed by atoms with Gasteiger partial charge in [0.2, 0.25) is 17.7 Å². The highest BCUT2D eigenvalue weighted by atomic mass is 16.5. The lowest BCUT2D eigenvalue weighted by atomic mass is 10.1. The minimum absolute atomic E-state index is 0.0880. The van der Waals surface area contributed by atoms with Crippen molar-refractivity contribution in [2.24, 2.45) is 5.92 Å². The fourth-order valence-electron chi connectivity index (χ4n) is 2.99. The first-order valence-electron chi connectivity index (χ1n) is 8.58. The van der Waals surface area contributed by atoms with Crippen LogP contribution in [0.4, 0.5) is 5.82 Å². The first kappa shape index (κ1) is 18.6. The monoisotopic (exact) mass is 371 g/mol. The Balaban J connectivity index is 1.52. The fourth-order valence-corrected chi connectivity index (χ4v) is 2.99. The van der Waals surface area contributed by atoms with Crippen molar-refractivity contribution in [2.45, 2.75) is 19.9 Å². The number of hydrogen-bond donors (Lipinski definition) is 1. The van der Waals surface area contributed by atoms with Gasteiger partial charge in [-0.05, 0) is 19.1 Å². The number of nitrogens with zero attached hydrogens (tertiary/aromatic N) is 4. The van der Waals surface area contributed by atoms with Crippen LogP contribution in [0.25, 0.3) is 0 Å². The SMILES string of the molecule is Cc1cc(NC(=O)CN(C)C(=O)[C@@H]2CC(=O)N(Cc3ccccn3)C2)no1. The van der Waals surface area contributed by atoms with Crippen LogP contribution in [0.2, 0.25) is 0 Å². The molecule has 1 aliphatic heterocycles. The van der Waals surface area contributed by atoms with E-state index in [0.29, 0.717) is 24.7 Å². The lowest BCUT2D eigenvalue weighted by Gasteiger charge is -2.20. The molecule has 9 nitrogen and oxygen atoms in total. The van der Waals surface area contributed by atoms with Crippen molar-refractivity contribution in [3.63, 3.8) is 0 Å². The third-order valence-corrected chi connectivity index (χ3v) is 4.30. The van der Waals surface area contributed by atoms with Crippen LogP contribution in [0.3, 0.4) is 0 Å². The van der Waals surface area contributed by atoms with E-state index in [2.05, 4.69) is 15.5 Å². The molecule has 9 heteroatoms. The normalized spacial score (nSPS) is 16.4. The number of hydrogen-bond acceptors (Lipinski definition) is 6. The zero-order valence-corrected chi connectivity index (χ0v) is 15.2. The highest BCUT2D eigenvalue weighted by molar-refractivity contribution is 5.95. The standard InChI is InChI=1S/C18H21N5O4/c1-12-7-15(21-27-12)20-16(24)11-22(2)18(26)13-8-17(25)23(9-13)10-14-5-3-4-6-19-14/h3-7,13H,8-11H2,1-2H3,(H,20,21,24)/t13-/m1/s1. The van der Waals surface area contributed by atoms with Gasteiger partial charge in [-0.15, -0.1) is 0 Å². The molecule has 2 aromatic rings. The molecule has 3 heterocycles. The van der Waals surface area contributed by atoms with E-state index in [4.69, 9.17) is 4.52 Å². The van der Waals surface area contributed by atoms with E-state index in [1.54, 1.807) is 31.1 Å². The molecule has 27 heavy (non-hydrogen) atoms. The van der Waals surface area contributed by atoms with Gasteiger partial charge >= 0.3 is 0 Å². The van der Waals surface area contributed by atoms with E-state index in [1.165, 1.54) is 4.90 Å². The Morgan fingerprint density at radius 1 is 1.41 bits per heavy atom. The molecule has 2 aromatic heterocycles. The van der Waals surface area contributed by atoms with Crippen LogP contribution >= 0.6 is 0 Å². The lowest BCUT2D eigenvalue weighted by molar-refractivity contribution is -0.137. The molecule has 0 bridgehead atoms. The topological polar surface area (TPSA) is 109 Å². The number of aryl methyl sites for hydroxylation is 1. The van der Waals surface area contributed by atoms with Crippen molar-refractivity contribution in [3.8, 4) is 0 Å². The highest BCUT2D eigenvalue weighted by Crippen LogP contribution is 2.21. The van der Waals surface area contributed by atoms with Crippen LogP contribution in [0, 0.1) is 12.8 Å². The van der Waals surface area contributed by atoms with Gasteiger partial charge in [-0.3, -0.25) is 19.4 Å². The molecule has 1 fully saturated rings. The number of aromatic nitrogens is 2. The molecule has 0 unspecified atom stereocenters. The maximum atomic E-state index is 12.6. The molecule has 1 saturated heterocycles. The number of nitrogens with one attached hydrogen (secondary N) is 1. The second-order valence-electron chi connectivity index (χ2n) is 6.56. The van der Waals surface area contributed by atoms with Crippen molar-refractivity contribution in [3.05, 3.63) is 41.9 Å². The summed E-state index contributed by atoms with van der Waals surface area (Å²) in [6, 6.07) is 7.09. The summed E-state index contributed by atoms with van der Waals surface area (Å²) in [6.07, 6.45) is 1.81. The summed E-state index contributed by atoms with van der Waals surface area (Å²) >= 11 is 0. The number of likely N-dealkylation sites (N-methyl/N-ethyl adjacent to an activating group) is 1. The molecule has 1 aliphatic rings. The van der Waals surface area contributed by atoms with E-state index in [-0.39, 0.29) is 30.7 Å². The number of amides is 3. The average Bonchev–Trinajstić information content (AvgIpc) is 3.20. The van der Waals surface area contributed by atoms with Gasteiger partial charge in [-0.1, -0.05) is 11.2 Å². The van der Waals surface area contributed by atoms with Gasteiger partial charge in [-0.25, -0.2) is 0 Å².